The van der Waals surface area contributed by atoms with Crippen LogP contribution < -0.4 is 0 Å². The molecular formula is C13H25NO3. The van der Waals surface area contributed by atoms with Crippen LogP contribution in [0.5, 0.6) is 0 Å². The third kappa shape index (κ3) is 3.68. The first-order valence-electron chi connectivity index (χ1n) is 6.34. The summed E-state index contributed by atoms with van der Waals surface area (Å²) in [6.07, 6.45) is 1.15. The Morgan fingerprint density at radius 2 is 2.00 bits per heavy atom. The SMILES string of the molecule is CCN(CCC(=O)O)C1CC(C)(C)OC1(C)C. The predicted molar refractivity (Wildman–Crippen MR) is 67.1 cm³/mol. The molecule has 0 aromatic rings. The quantitative estimate of drug-likeness (QED) is 0.803. The molecule has 4 nitrogen and oxygen atoms in total. The van der Waals surface area contributed by atoms with Crippen LogP contribution in [0.4, 0.5) is 0 Å². The van der Waals surface area contributed by atoms with Gasteiger partial charge in [-0.05, 0) is 40.7 Å². The van der Waals surface area contributed by atoms with Crippen LogP contribution in [0.2, 0.25) is 0 Å². The number of ether oxygens (including phenoxy) is 1. The van der Waals surface area contributed by atoms with Crippen LogP contribution >= 0.6 is 0 Å². The highest BCUT2D eigenvalue weighted by molar-refractivity contribution is 5.66. The molecule has 17 heavy (non-hydrogen) atoms. The third-order valence-electron chi connectivity index (χ3n) is 3.49. The van der Waals surface area contributed by atoms with E-state index in [1.165, 1.54) is 0 Å². The van der Waals surface area contributed by atoms with E-state index in [0.29, 0.717) is 12.6 Å². The highest BCUT2D eigenvalue weighted by Gasteiger charge is 2.47. The molecule has 4 heteroatoms. The Bertz CT molecular complexity index is 286. The molecule has 0 radical (unpaired) electrons. The monoisotopic (exact) mass is 243 g/mol. The fourth-order valence-electron chi connectivity index (χ4n) is 2.88. The molecule has 0 bridgehead atoms. The summed E-state index contributed by atoms with van der Waals surface area (Å²) in [5, 5.41) is 8.78. The van der Waals surface area contributed by atoms with E-state index in [0.717, 1.165) is 13.0 Å². The number of aliphatic carboxylic acids is 1. The van der Waals surface area contributed by atoms with Crippen LogP contribution in [0.3, 0.4) is 0 Å². The van der Waals surface area contributed by atoms with Crippen molar-refractivity contribution < 1.29 is 14.6 Å². The molecule has 0 aromatic carbocycles. The predicted octanol–water partition coefficient (Wildman–Crippen LogP) is 2.13. The second-order valence-corrected chi connectivity index (χ2v) is 5.96. The van der Waals surface area contributed by atoms with Crippen molar-refractivity contribution in [2.75, 3.05) is 13.1 Å². The Labute approximate surface area is 104 Å². The number of hydrogen-bond acceptors (Lipinski definition) is 3. The maximum Gasteiger partial charge on any atom is 0.304 e. The Balaban J connectivity index is 2.71. The zero-order chi connectivity index (χ0) is 13.3. The number of nitrogens with zero attached hydrogens (tertiary/aromatic N) is 1. The molecule has 0 aromatic heterocycles. The fraction of sp³-hybridized carbons (Fsp3) is 0.923. The van der Waals surface area contributed by atoms with Crippen LogP contribution in [0.1, 0.15) is 47.5 Å². The van der Waals surface area contributed by atoms with Crippen LogP contribution in [0, 0.1) is 0 Å². The number of rotatable bonds is 5. The van der Waals surface area contributed by atoms with Gasteiger partial charge in [0.2, 0.25) is 0 Å². The lowest BCUT2D eigenvalue weighted by molar-refractivity contribution is -0.137. The Morgan fingerprint density at radius 1 is 1.41 bits per heavy atom. The van der Waals surface area contributed by atoms with Gasteiger partial charge in [0.15, 0.2) is 0 Å². The minimum atomic E-state index is -0.737. The number of carbonyl (C=O) groups is 1. The molecule has 0 aliphatic carbocycles. The van der Waals surface area contributed by atoms with E-state index < -0.39 is 5.97 Å². The van der Waals surface area contributed by atoms with Gasteiger partial charge in [0.05, 0.1) is 17.6 Å². The van der Waals surface area contributed by atoms with Crippen LogP contribution in [0.15, 0.2) is 0 Å². The molecule has 1 fully saturated rings. The average molecular weight is 243 g/mol. The molecule has 0 saturated carbocycles. The maximum atomic E-state index is 10.7. The summed E-state index contributed by atoms with van der Waals surface area (Å²) in [6.45, 7) is 11.9. The van der Waals surface area contributed by atoms with Gasteiger partial charge >= 0.3 is 5.97 Å². The topological polar surface area (TPSA) is 49.8 Å². The number of hydrogen-bond donors (Lipinski definition) is 1. The van der Waals surface area contributed by atoms with Crippen LogP contribution in [0.25, 0.3) is 0 Å². The van der Waals surface area contributed by atoms with Crippen LogP contribution in [-0.4, -0.2) is 46.3 Å². The lowest BCUT2D eigenvalue weighted by Crippen LogP contribution is -2.47. The van der Waals surface area contributed by atoms with E-state index in [-0.39, 0.29) is 17.6 Å². The molecular weight excluding hydrogens is 218 g/mol. The van der Waals surface area contributed by atoms with Crippen molar-refractivity contribution in [2.24, 2.45) is 0 Å². The van der Waals surface area contributed by atoms with Gasteiger partial charge in [0.1, 0.15) is 0 Å². The summed E-state index contributed by atoms with van der Waals surface area (Å²) >= 11 is 0. The van der Waals surface area contributed by atoms with E-state index in [9.17, 15) is 4.79 Å². The normalized spacial score (nSPS) is 26.4. The number of likely N-dealkylation sites (N-methyl/N-ethyl adjacent to an activating group) is 1. The molecule has 100 valence electrons. The zero-order valence-corrected chi connectivity index (χ0v) is 11.6. The smallest absolute Gasteiger partial charge is 0.304 e. The van der Waals surface area contributed by atoms with Gasteiger partial charge in [-0.3, -0.25) is 9.69 Å². The van der Waals surface area contributed by atoms with Crippen molar-refractivity contribution >= 4 is 5.97 Å². The van der Waals surface area contributed by atoms with Crippen molar-refractivity contribution in [3.8, 4) is 0 Å². The van der Waals surface area contributed by atoms with Gasteiger partial charge in [-0.2, -0.15) is 0 Å². The molecule has 1 atom stereocenters. The standard InChI is InChI=1S/C13H25NO3/c1-6-14(8-7-11(15)16)10-9-12(2,3)17-13(10,4)5/h10H,6-9H2,1-5H3,(H,15,16). The summed E-state index contributed by atoms with van der Waals surface area (Å²) in [5.74, 6) is -0.737. The molecule has 1 rings (SSSR count). The van der Waals surface area contributed by atoms with E-state index in [1.807, 2.05) is 0 Å². The Morgan fingerprint density at radius 3 is 2.35 bits per heavy atom. The van der Waals surface area contributed by atoms with Gasteiger partial charge in [0, 0.05) is 12.6 Å². The van der Waals surface area contributed by atoms with E-state index in [1.54, 1.807) is 0 Å². The molecule has 0 spiro atoms. The lowest BCUT2D eigenvalue weighted by Gasteiger charge is -2.35. The first kappa shape index (κ1) is 14.5. The second kappa shape index (κ2) is 4.94. The Kier molecular flexibility index (Phi) is 4.20. The minimum absolute atomic E-state index is 0.120. The fourth-order valence-corrected chi connectivity index (χ4v) is 2.88. The number of carboxylic acid groups (broad SMARTS) is 1. The van der Waals surface area contributed by atoms with Crippen molar-refractivity contribution in [3.05, 3.63) is 0 Å². The van der Waals surface area contributed by atoms with Gasteiger partial charge < -0.3 is 9.84 Å². The van der Waals surface area contributed by atoms with Gasteiger partial charge in [0.25, 0.3) is 0 Å². The second-order valence-electron chi connectivity index (χ2n) is 5.96. The molecule has 0 amide bonds. The molecule has 1 heterocycles. The highest BCUT2D eigenvalue weighted by atomic mass is 16.5. The van der Waals surface area contributed by atoms with Crippen molar-refractivity contribution in [2.45, 2.75) is 64.7 Å². The largest absolute Gasteiger partial charge is 0.481 e. The van der Waals surface area contributed by atoms with Crippen molar-refractivity contribution in [1.29, 1.82) is 0 Å². The Hall–Kier alpha value is -0.610. The van der Waals surface area contributed by atoms with Gasteiger partial charge in [-0.15, -0.1) is 0 Å². The summed E-state index contributed by atoms with van der Waals surface area (Å²) < 4.78 is 6.05. The zero-order valence-electron chi connectivity index (χ0n) is 11.6. The van der Waals surface area contributed by atoms with E-state index >= 15 is 0 Å². The van der Waals surface area contributed by atoms with Crippen LogP contribution in [-0.2, 0) is 9.53 Å². The molecule has 1 aliphatic rings. The lowest BCUT2D eigenvalue weighted by atomic mass is 9.93. The summed E-state index contributed by atoms with van der Waals surface area (Å²) in [5.41, 5.74) is -0.331. The first-order chi connectivity index (χ1) is 7.68. The van der Waals surface area contributed by atoms with Gasteiger partial charge in [-0.1, -0.05) is 6.92 Å². The molecule has 1 aliphatic heterocycles. The van der Waals surface area contributed by atoms with Crippen molar-refractivity contribution in [1.82, 2.24) is 4.90 Å². The minimum Gasteiger partial charge on any atom is -0.481 e. The molecule has 1 unspecified atom stereocenters. The summed E-state index contributed by atoms with van der Waals surface area (Å²) in [7, 11) is 0. The molecule has 1 saturated heterocycles. The van der Waals surface area contributed by atoms with E-state index in [4.69, 9.17) is 9.84 Å². The van der Waals surface area contributed by atoms with Crippen molar-refractivity contribution in [3.63, 3.8) is 0 Å². The first-order valence-corrected chi connectivity index (χ1v) is 6.34. The average Bonchev–Trinajstić information content (AvgIpc) is 2.35. The number of carboxylic acids is 1. The highest BCUT2D eigenvalue weighted by Crippen LogP contribution is 2.40. The summed E-state index contributed by atoms with van der Waals surface area (Å²) in [6, 6.07) is 0.293. The van der Waals surface area contributed by atoms with Gasteiger partial charge in [-0.25, -0.2) is 0 Å². The third-order valence-corrected chi connectivity index (χ3v) is 3.49. The van der Waals surface area contributed by atoms with E-state index in [2.05, 4.69) is 39.5 Å². The summed E-state index contributed by atoms with van der Waals surface area (Å²) in [4.78, 5) is 12.9. The maximum absolute atomic E-state index is 10.7. The molecule has 1 N–H and O–H groups in total.